The van der Waals surface area contributed by atoms with E-state index in [1.165, 1.54) is 16.7 Å². The Hall–Kier alpha value is -0.640. The van der Waals surface area contributed by atoms with Crippen LogP contribution in [0, 0.1) is 6.92 Å². The Morgan fingerprint density at radius 1 is 1.31 bits per heavy atom. The molecule has 0 spiro atoms. The Morgan fingerprint density at radius 2 is 2.06 bits per heavy atom. The van der Waals surface area contributed by atoms with Crippen LogP contribution in [0.2, 0.25) is 0 Å². The molecule has 1 aromatic heterocycles. The van der Waals surface area contributed by atoms with Gasteiger partial charge in [0, 0.05) is 15.9 Å². The van der Waals surface area contributed by atoms with E-state index in [1.54, 1.807) is 11.3 Å². The number of aryl methyl sites for hydroxylation is 1. The van der Waals surface area contributed by atoms with Crippen LogP contribution < -0.4 is 5.73 Å². The van der Waals surface area contributed by atoms with Crippen molar-refractivity contribution in [2.45, 2.75) is 19.4 Å². The average molecular weight is 296 g/mol. The third-order valence-electron chi connectivity index (χ3n) is 2.74. The molecule has 0 aliphatic rings. The van der Waals surface area contributed by atoms with Crippen LogP contribution >= 0.6 is 27.3 Å². The summed E-state index contributed by atoms with van der Waals surface area (Å²) in [4.78, 5) is 0. The number of benzene rings is 1. The highest BCUT2D eigenvalue weighted by atomic mass is 79.9. The van der Waals surface area contributed by atoms with Crippen LogP contribution in [-0.4, -0.2) is 0 Å². The van der Waals surface area contributed by atoms with Crippen LogP contribution in [0.25, 0.3) is 0 Å². The van der Waals surface area contributed by atoms with Gasteiger partial charge in [0.05, 0.1) is 0 Å². The maximum atomic E-state index is 6.22. The van der Waals surface area contributed by atoms with Gasteiger partial charge in [-0.15, -0.1) is 0 Å². The second kappa shape index (κ2) is 5.13. The summed E-state index contributed by atoms with van der Waals surface area (Å²) < 4.78 is 1.12. The molecule has 0 radical (unpaired) electrons. The molecule has 1 nitrogen and oxygen atoms in total. The fraction of sp³-hybridized carbons (Fsp3) is 0.231. The molecule has 1 aromatic carbocycles. The summed E-state index contributed by atoms with van der Waals surface area (Å²) >= 11 is 5.21. The first kappa shape index (κ1) is 11.8. The molecule has 0 saturated carbocycles. The molecule has 3 heteroatoms. The Morgan fingerprint density at radius 3 is 2.69 bits per heavy atom. The molecule has 2 aromatic rings. The van der Waals surface area contributed by atoms with Crippen LogP contribution in [0.5, 0.6) is 0 Å². The molecule has 2 N–H and O–H groups in total. The number of nitrogens with two attached hydrogens (primary N) is 1. The van der Waals surface area contributed by atoms with Gasteiger partial charge in [0.15, 0.2) is 0 Å². The van der Waals surface area contributed by atoms with Crippen molar-refractivity contribution in [1.29, 1.82) is 0 Å². The number of hydrogen-bond acceptors (Lipinski definition) is 2. The molecule has 1 heterocycles. The zero-order valence-corrected chi connectivity index (χ0v) is 11.5. The summed E-state index contributed by atoms with van der Waals surface area (Å²) in [5.41, 5.74) is 10.1. The third-order valence-corrected chi connectivity index (χ3v) is 4.49. The molecule has 1 unspecified atom stereocenters. The minimum atomic E-state index is 0.0710. The minimum absolute atomic E-state index is 0.0710. The topological polar surface area (TPSA) is 26.0 Å². The van der Waals surface area contributed by atoms with Crippen LogP contribution in [-0.2, 0) is 6.42 Å². The second-order valence-corrected chi connectivity index (χ2v) is 5.51. The fourth-order valence-electron chi connectivity index (χ4n) is 1.74. The molecule has 16 heavy (non-hydrogen) atoms. The van der Waals surface area contributed by atoms with E-state index < -0.39 is 0 Å². The molecule has 0 aliphatic carbocycles. The van der Waals surface area contributed by atoms with Gasteiger partial charge in [0.1, 0.15) is 0 Å². The van der Waals surface area contributed by atoms with E-state index in [4.69, 9.17) is 5.73 Å². The normalized spacial score (nSPS) is 12.7. The maximum absolute atomic E-state index is 6.22. The zero-order chi connectivity index (χ0) is 11.5. The summed E-state index contributed by atoms with van der Waals surface area (Å²) in [6.07, 6.45) is 0.891. The lowest BCUT2D eigenvalue weighted by molar-refractivity contribution is 0.719. The van der Waals surface area contributed by atoms with Crippen LogP contribution in [0.3, 0.4) is 0 Å². The van der Waals surface area contributed by atoms with Crippen molar-refractivity contribution >= 4 is 27.3 Å². The third kappa shape index (κ3) is 2.54. The highest BCUT2D eigenvalue weighted by Gasteiger charge is 2.12. The largest absolute Gasteiger partial charge is 0.324 e. The molecule has 0 aliphatic heterocycles. The maximum Gasteiger partial charge on any atom is 0.0355 e. The number of thiophene rings is 1. The van der Waals surface area contributed by atoms with E-state index in [-0.39, 0.29) is 6.04 Å². The predicted octanol–water partition coefficient (Wildman–Crippen LogP) is 4.06. The number of hydrogen-bond donors (Lipinski definition) is 1. The standard InChI is InChI=1S/C13H14BrNS/c1-9-4-2-3-5-10(9)6-13(15)11-7-16-8-12(11)14/h2-5,7-8,13H,6,15H2,1H3. The SMILES string of the molecule is Cc1ccccc1CC(N)c1cscc1Br. The first-order chi connectivity index (χ1) is 7.68. The van der Waals surface area contributed by atoms with E-state index >= 15 is 0 Å². The molecule has 2 rings (SSSR count). The molecular weight excluding hydrogens is 282 g/mol. The zero-order valence-electron chi connectivity index (χ0n) is 9.11. The summed E-state index contributed by atoms with van der Waals surface area (Å²) in [6.45, 7) is 2.13. The molecule has 0 fully saturated rings. The van der Waals surface area contributed by atoms with E-state index in [0.717, 1.165) is 10.9 Å². The summed E-state index contributed by atoms with van der Waals surface area (Å²) in [5, 5.41) is 4.19. The smallest absolute Gasteiger partial charge is 0.0355 e. The Kier molecular flexibility index (Phi) is 3.79. The lowest BCUT2D eigenvalue weighted by Crippen LogP contribution is -2.13. The van der Waals surface area contributed by atoms with Gasteiger partial charge < -0.3 is 5.73 Å². The quantitative estimate of drug-likeness (QED) is 0.908. The summed E-state index contributed by atoms with van der Waals surface area (Å²) in [5.74, 6) is 0. The van der Waals surface area contributed by atoms with Crippen molar-refractivity contribution in [3.8, 4) is 0 Å². The minimum Gasteiger partial charge on any atom is -0.324 e. The molecule has 0 bridgehead atoms. The fourth-order valence-corrected chi connectivity index (χ4v) is 3.40. The van der Waals surface area contributed by atoms with Gasteiger partial charge in [-0.1, -0.05) is 24.3 Å². The van der Waals surface area contributed by atoms with E-state index in [9.17, 15) is 0 Å². The van der Waals surface area contributed by atoms with Crippen molar-refractivity contribution < 1.29 is 0 Å². The van der Waals surface area contributed by atoms with Gasteiger partial charge >= 0.3 is 0 Å². The van der Waals surface area contributed by atoms with Gasteiger partial charge in [0.2, 0.25) is 0 Å². The Labute approximate surface area is 108 Å². The van der Waals surface area contributed by atoms with Gasteiger partial charge in [0.25, 0.3) is 0 Å². The van der Waals surface area contributed by atoms with Gasteiger partial charge in [-0.2, -0.15) is 11.3 Å². The first-order valence-electron chi connectivity index (χ1n) is 5.20. The monoisotopic (exact) mass is 295 g/mol. The Balaban J connectivity index is 2.17. The predicted molar refractivity (Wildman–Crippen MR) is 73.8 cm³/mol. The highest BCUT2D eigenvalue weighted by Crippen LogP contribution is 2.28. The average Bonchev–Trinajstić information content (AvgIpc) is 2.68. The second-order valence-electron chi connectivity index (χ2n) is 3.91. The van der Waals surface area contributed by atoms with Crippen LogP contribution in [0.1, 0.15) is 22.7 Å². The van der Waals surface area contributed by atoms with Crippen LogP contribution in [0.15, 0.2) is 39.5 Å². The highest BCUT2D eigenvalue weighted by molar-refractivity contribution is 9.10. The van der Waals surface area contributed by atoms with E-state index in [2.05, 4.69) is 57.9 Å². The lowest BCUT2D eigenvalue weighted by atomic mass is 9.98. The van der Waals surface area contributed by atoms with Crippen LogP contribution in [0.4, 0.5) is 0 Å². The number of halogens is 1. The summed E-state index contributed by atoms with van der Waals surface area (Å²) in [7, 11) is 0. The molecule has 0 saturated heterocycles. The number of rotatable bonds is 3. The van der Waals surface area contributed by atoms with Crippen molar-refractivity contribution in [1.82, 2.24) is 0 Å². The van der Waals surface area contributed by atoms with Crippen molar-refractivity contribution in [3.63, 3.8) is 0 Å². The van der Waals surface area contributed by atoms with Gasteiger partial charge in [-0.25, -0.2) is 0 Å². The first-order valence-corrected chi connectivity index (χ1v) is 6.93. The molecule has 84 valence electrons. The van der Waals surface area contributed by atoms with Gasteiger partial charge in [-0.3, -0.25) is 0 Å². The van der Waals surface area contributed by atoms with Gasteiger partial charge in [-0.05, 0) is 51.3 Å². The van der Waals surface area contributed by atoms with Crippen molar-refractivity contribution in [3.05, 3.63) is 56.2 Å². The van der Waals surface area contributed by atoms with E-state index in [1.807, 2.05) is 0 Å². The molecule has 0 amide bonds. The van der Waals surface area contributed by atoms with Crippen molar-refractivity contribution in [2.75, 3.05) is 0 Å². The Bertz CT molecular complexity index is 478. The molecular formula is C13H14BrNS. The van der Waals surface area contributed by atoms with E-state index in [0.29, 0.717) is 0 Å². The summed E-state index contributed by atoms with van der Waals surface area (Å²) in [6, 6.07) is 8.48. The molecule has 1 atom stereocenters. The lowest BCUT2D eigenvalue weighted by Gasteiger charge is -2.12. The van der Waals surface area contributed by atoms with Crippen molar-refractivity contribution in [2.24, 2.45) is 5.73 Å².